The minimum absolute atomic E-state index is 0.0709. The van der Waals surface area contributed by atoms with Gasteiger partial charge in [0.15, 0.2) is 0 Å². The number of nitrogens with zero attached hydrogens (tertiary/aromatic N) is 3. The van der Waals surface area contributed by atoms with E-state index in [0.29, 0.717) is 40.3 Å². The molecule has 5 rings (SSSR count). The molecule has 1 fully saturated rings. The molecule has 0 unspecified atom stereocenters. The Morgan fingerprint density at radius 1 is 0.973 bits per heavy atom. The van der Waals surface area contributed by atoms with Crippen molar-refractivity contribution < 1.29 is 9.90 Å². The minimum Gasteiger partial charge on any atom is -0.507 e. The van der Waals surface area contributed by atoms with E-state index in [1.807, 2.05) is 4.90 Å². The number of aromatic nitrogens is 2. The number of halogens is 1. The Bertz CT molecular complexity index is 1570. The van der Waals surface area contributed by atoms with Crippen LogP contribution in [-0.4, -0.2) is 52.1 Å². The van der Waals surface area contributed by atoms with Gasteiger partial charge in [0, 0.05) is 54.1 Å². The normalized spacial score (nSPS) is 14.3. The molecule has 1 saturated heterocycles. The van der Waals surface area contributed by atoms with Crippen LogP contribution in [0.4, 0.5) is 5.69 Å². The predicted molar refractivity (Wildman–Crippen MR) is 148 cm³/mol. The lowest BCUT2D eigenvalue weighted by Gasteiger charge is -2.37. The third-order valence-corrected chi connectivity index (χ3v) is 6.90. The van der Waals surface area contributed by atoms with Gasteiger partial charge in [0.1, 0.15) is 11.5 Å². The number of piperazine rings is 1. The van der Waals surface area contributed by atoms with Crippen LogP contribution in [0, 0.1) is 13.8 Å². The average molecular weight is 515 g/mol. The van der Waals surface area contributed by atoms with Crippen molar-refractivity contribution in [3.63, 3.8) is 0 Å². The summed E-state index contributed by atoms with van der Waals surface area (Å²) in [6, 6.07) is 18.1. The van der Waals surface area contributed by atoms with E-state index in [1.165, 1.54) is 22.9 Å². The van der Waals surface area contributed by atoms with E-state index in [4.69, 9.17) is 11.6 Å². The Labute approximate surface area is 219 Å². The average Bonchev–Trinajstić information content (AvgIpc) is 2.90. The number of carbonyl (C=O) groups excluding carboxylic acids is 1. The Kier molecular flexibility index (Phi) is 6.72. The van der Waals surface area contributed by atoms with Gasteiger partial charge >= 0.3 is 0 Å². The van der Waals surface area contributed by atoms with Crippen molar-refractivity contribution in [2.75, 3.05) is 31.1 Å². The van der Waals surface area contributed by atoms with Crippen LogP contribution in [0.5, 0.6) is 0 Å². The van der Waals surface area contributed by atoms with Gasteiger partial charge < -0.3 is 19.9 Å². The van der Waals surface area contributed by atoms with Gasteiger partial charge in [0.05, 0.1) is 11.0 Å². The molecule has 0 radical (unpaired) electrons. The number of aliphatic hydroxyl groups is 1. The van der Waals surface area contributed by atoms with Gasteiger partial charge in [0.2, 0.25) is 0 Å². The molecule has 1 aliphatic heterocycles. The quantitative estimate of drug-likeness (QED) is 0.365. The summed E-state index contributed by atoms with van der Waals surface area (Å²) in [6.07, 6.45) is 1.32. The second-order valence-corrected chi connectivity index (χ2v) is 9.73. The molecular formula is C29H27ClN4O3. The van der Waals surface area contributed by atoms with Crippen molar-refractivity contribution in [2.45, 2.75) is 13.8 Å². The fourth-order valence-corrected chi connectivity index (χ4v) is 4.68. The molecule has 1 aromatic heterocycles. The maximum atomic E-state index is 13.2. The summed E-state index contributed by atoms with van der Waals surface area (Å²) in [6.45, 7) is 6.95. The molecule has 7 nitrogen and oxygen atoms in total. The minimum atomic E-state index is -0.459. The number of amides is 1. The summed E-state index contributed by atoms with van der Waals surface area (Å²) in [7, 11) is 0. The Hall–Kier alpha value is -4.10. The van der Waals surface area contributed by atoms with Crippen molar-refractivity contribution in [1.29, 1.82) is 0 Å². The Morgan fingerprint density at radius 2 is 1.68 bits per heavy atom. The van der Waals surface area contributed by atoms with Gasteiger partial charge in [-0.3, -0.25) is 9.59 Å². The highest BCUT2D eigenvalue weighted by molar-refractivity contribution is 6.30. The number of benzene rings is 3. The van der Waals surface area contributed by atoms with Crippen molar-refractivity contribution in [3.05, 3.63) is 104 Å². The van der Waals surface area contributed by atoms with Crippen LogP contribution in [0.2, 0.25) is 5.02 Å². The largest absolute Gasteiger partial charge is 0.507 e. The molecule has 188 valence electrons. The molecule has 37 heavy (non-hydrogen) atoms. The summed E-state index contributed by atoms with van der Waals surface area (Å²) in [5, 5.41) is 11.0. The second kappa shape index (κ2) is 10.1. The number of carbonyl (C=O) groups is 1. The zero-order valence-electron chi connectivity index (χ0n) is 20.7. The molecule has 3 aromatic carbocycles. The second-order valence-electron chi connectivity index (χ2n) is 9.29. The van der Waals surface area contributed by atoms with Gasteiger partial charge in [0.25, 0.3) is 11.5 Å². The number of hydrogen-bond acceptors (Lipinski definition) is 5. The van der Waals surface area contributed by atoms with E-state index in [-0.39, 0.29) is 17.4 Å². The number of rotatable bonds is 4. The first-order valence-electron chi connectivity index (χ1n) is 12.1. The SMILES string of the molecule is Cc1ccc(C)c(N2CCN(C(=O)c3ccc4nc(/C=C(\O)c5ccc(Cl)cc5)c(=O)[nH]c4c3)CC2)c1. The molecule has 0 atom stereocenters. The maximum absolute atomic E-state index is 13.2. The Balaban J connectivity index is 1.33. The first-order valence-corrected chi connectivity index (χ1v) is 12.5. The van der Waals surface area contributed by atoms with E-state index in [1.54, 1.807) is 42.5 Å². The fourth-order valence-electron chi connectivity index (χ4n) is 4.56. The van der Waals surface area contributed by atoms with Crippen molar-refractivity contribution in [3.8, 4) is 0 Å². The molecule has 0 saturated carbocycles. The first-order chi connectivity index (χ1) is 17.8. The molecule has 1 amide bonds. The lowest BCUT2D eigenvalue weighted by molar-refractivity contribution is 0.0747. The molecule has 2 N–H and O–H groups in total. The summed E-state index contributed by atoms with van der Waals surface area (Å²) >= 11 is 5.90. The highest BCUT2D eigenvalue weighted by Gasteiger charge is 2.23. The van der Waals surface area contributed by atoms with Crippen molar-refractivity contribution in [2.24, 2.45) is 0 Å². The van der Waals surface area contributed by atoms with Gasteiger partial charge in [-0.15, -0.1) is 0 Å². The van der Waals surface area contributed by atoms with Crippen molar-refractivity contribution in [1.82, 2.24) is 14.9 Å². The fraction of sp³-hybridized carbons (Fsp3) is 0.207. The highest BCUT2D eigenvalue weighted by Crippen LogP contribution is 2.24. The number of anilines is 1. The summed E-state index contributed by atoms with van der Waals surface area (Å²) < 4.78 is 0. The van der Waals surface area contributed by atoms with E-state index < -0.39 is 5.56 Å². The molecule has 0 bridgehead atoms. The van der Waals surface area contributed by atoms with Crippen LogP contribution in [0.1, 0.15) is 32.7 Å². The summed E-state index contributed by atoms with van der Waals surface area (Å²) in [4.78, 5) is 37.2. The number of fused-ring (bicyclic) bond motifs is 1. The van der Waals surface area contributed by atoms with Gasteiger partial charge in [-0.2, -0.15) is 0 Å². The topological polar surface area (TPSA) is 89.5 Å². The van der Waals surface area contributed by atoms with E-state index in [2.05, 4.69) is 46.9 Å². The van der Waals surface area contributed by atoms with Crippen molar-refractivity contribution >= 4 is 46.1 Å². The zero-order chi connectivity index (χ0) is 26.1. The lowest BCUT2D eigenvalue weighted by atomic mass is 10.1. The summed E-state index contributed by atoms with van der Waals surface area (Å²) in [5.41, 5.74) is 5.28. The van der Waals surface area contributed by atoms with E-state index in [9.17, 15) is 14.7 Å². The van der Waals surface area contributed by atoms with E-state index in [0.717, 1.165) is 13.1 Å². The monoisotopic (exact) mass is 514 g/mol. The standard InChI is InChI=1S/C29H27ClN4O3/c1-18-3-4-19(2)26(15-18)33-11-13-34(14-12-33)29(37)21-7-10-23-24(16-21)32-28(36)25(31-23)17-27(35)20-5-8-22(30)9-6-20/h3-10,15-17,35H,11-14H2,1-2H3,(H,32,36)/b27-17-. The molecular weight excluding hydrogens is 488 g/mol. The lowest BCUT2D eigenvalue weighted by Crippen LogP contribution is -2.49. The predicted octanol–water partition coefficient (Wildman–Crippen LogP) is 5.21. The van der Waals surface area contributed by atoms with Gasteiger partial charge in [-0.05, 0) is 73.5 Å². The smallest absolute Gasteiger partial charge is 0.274 e. The molecule has 0 spiro atoms. The van der Waals surface area contributed by atoms with Crippen LogP contribution in [0.15, 0.2) is 65.5 Å². The number of hydrogen-bond donors (Lipinski definition) is 2. The molecule has 4 aromatic rings. The van der Waals surface area contributed by atoms with Crippen LogP contribution in [-0.2, 0) is 0 Å². The number of aliphatic hydroxyl groups excluding tert-OH is 1. The molecule has 2 heterocycles. The highest BCUT2D eigenvalue weighted by atomic mass is 35.5. The Morgan fingerprint density at radius 3 is 2.41 bits per heavy atom. The summed E-state index contributed by atoms with van der Waals surface area (Å²) in [5.74, 6) is -0.173. The maximum Gasteiger partial charge on any atom is 0.274 e. The van der Waals surface area contributed by atoms with Gasteiger partial charge in [-0.25, -0.2) is 4.98 Å². The van der Waals surface area contributed by atoms with E-state index >= 15 is 0 Å². The third-order valence-electron chi connectivity index (χ3n) is 6.65. The number of aromatic amines is 1. The number of H-pyrrole nitrogens is 1. The molecule has 8 heteroatoms. The van der Waals surface area contributed by atoms with Crippen LogP contribution >= 0.6 is 11.6 Å². The van der Waals surface area contributed by atoms with Crippen LogP contribution in [0.3, 0.4) is 0 Å². The number of aryl methyl sites for hydroxylation is 2. The molecule has 0 aliphatic carbocycles. The van der Waals surface area contributed by atoms with Crippen LogP contribution < -0.4 is 10.5 Å². The first kappa shape index (κ1) is 24.6. The number of nitrogens with one attached hydrogen (secondary N) is 1. The molecule has 1 aliphatic rings. The third kappa shape index (κ3) is 5.22. The van der Waals surface area contributed by atoms with Crippen LogP contribution in [0.25, 0.3) is 22.9 Å². The zero-order valence-corrected chi connectivity index (χ0v) is 21.4. The van der Waals surface area contributed by atoms with Gasteiger partial charge in [-0.1, -0.05) is 23.7 Å².